The molecule has 2 N–H and O–H groups in total. The van der Waals surface area contributed by atoms with Crippen molar-refractivity contribution in [2.45, 2.75) is 19.1 Å². The molecule has 1 unspecified atom stereocenters. The van der Waals surface area contributed by atoms with Crippen LogP contribution in [0.1, 0.15) is 43.7 Å². The first-order valence-electron chi connectivity index (χ1n) is 9.60. The Kier molecular flexibility index (Phi) is 6.23. The van der Waals surface area contributed by atoms with Crippen LogP contribution in [0.5, 0.6) is 0 Å². The predicted molar refractivity (Wildman–Crippen MR) is 119 cm³/mol. The lowest BCUT2D eigenvalue weighted by atomic mass is 10.2. The fraction of sp³-hybridized carbons (Fsp3) is 0.200. The van der Waals surface area contributed by atoms with Gasteiger partial charge in [0.1, 0.15) is 21.4 Å². The molecule has 14 heteroatoms. The molecule has 34 heavy (non-hydrogen) atoms. The highest BCUT2D eigenvalue weighted by atomic mass is 35.5. The van der Waals surface area contributed by atoms with Gasteiger partial charge in [-0.25, -0.2) is 19.9 Å². The number of pyridine rings is 2. The van der Waals surface area contributed by atoms with Crippen LogP contribution in [-0.4, -0.2) is 36.3 Å². The van der Waals surface area contributed by atoms with Gasteiger partial charge in [0.25, 0.3) is 11.8 Å². The molecule has 0 saturated carbocycles. The van der Waals surface area contributed by atoms with Gasteiger partial charge in [0.05, 0.1) is 46.4 Å². The average molecular weight is 510 g/mol. The molecule has 0 aliphatic rings. The number of imidazole rings is 1. The third kappa shape index (κ3) is 4.84. The van der Waals surface area contributed by atoms with E-state index >= 15 is 0 Å². The summed E-state index contributed by atoms with van der Waals surface area (Å²) in [4.78, 5) is 41.3. The van der Waals surface area contributed by atoms with Crippen LogP contribution in [0.3, 0.4) is 0 Å². The van der Waals surface area contributed by atoms with E-state index in [1.165, 1.54) is 6.20 Å². The molecule has 2 amide bonds. The molecule has 0 fully saturated rings. The van der Waals surface area contributed by atoms with Crippen LogP contribution in [0.2, 0.25) is 5.02 Å². The Labute approximate surface area is 199 Å². The quantitative estimate of drug-likeness (QED) is 0.416. The summed E-state index contributed by atoms with van der Waals surface area (Å²) in [7, 11) is 1.81. The van der Waals surface area contributed by atoms with Gasteiger partial charge >= 0.3 is 6.18 Å². The van der Waals surface area contributed by atoms with Crippen LogP contribution in [-0.2, 0) is 13.2 Å². The van der Waals surface area contributed by atoms with Crippen molar-refractivity contribution in [2.75, 3.05) is 5.32 Å². The first-order chi connectivity index (χ1) is 16.0. The molecule has 4 heterocycles. The number of hydrogen-bond acceptors (Lipinski definition) is 7. The first-order valence-corrected chi connectivity index (χ1v) is 10.8. The number of halogens is 4. The highest BCUT2D eigenvalue weighted by Gasteiger charge is 2.34. The van der Waals surface area contributed by atoms with E-state index in [2.05, 4.69) is 30.6 Å². The number of hydrogen-bond donors (Lipinski definition) is 2. The van der Waals surface area contributed by atoms with Crippen molar-refractivity contribution < 1.29 is 22.8 Å². The van der Waals surface area contributed by atoms with E-state index in [9.17, 15) is 22.8 Å². The molecular weight excluding hydrogens is 495 g/mol. The zero-order valence-corrected chi connectivity index (χ0v) is 19.1. The Morgan fingerprint density at radius 2 is 1.85 bits per heavy atom. The maximum absolute atomic E-state index is 13.0. The molecule has 0 aromatic carbocycles. The number of fused-ring (bicyclic) bond motifs is 1. The van der Waals surface area contributed by atoms with E-state index in [1.807, 2.05) is 7.05 Å². The summed E-state index contributed by atoms with van der Waals surface area (Å²) in [5.74, 6) is -1.46. The zero-order chi connectivity index (χ0) is 24.6. The minimum atomic E-state index is -4.69. The topological polar surface area (TPSA) is 115 Å². The van der Waals surface area contributed by atoms with Gasteiger partial charge in [-0.3, -0.25) is 9.59 Å². The summed E-state index contributed by atoms with van der Waals surface area (Å²) >= 11 is 6.52. The molecule has 176 valence electrons. The van der Waals surface area contributed by atoms with Gasteiger partial charge in [-0.1, -0.05) is 11.6 Å². The van der Waals surface area contributed by atoms with Gasteiger partial charge in [0, 0.05) is 13.2 Å². The maximum atomic E-state index is 13.0. The Morgan fingerprint density at radius 1 is 1.09 bits per heavy atom. The van der Waals surface area contributed by atoms with Crippen LogP contribution >= 0.6 is 22.9 Å². The molecule has 4 aromatic rings. The summed E-state index contributed by atoms with van der Waals surface area (Å²) in [5.41, 5.74) is 0.450. The van der Waals surface area contributed by atoms with E-state index in [1.54, 1.807) is 30.1 Å². The SMILES string of the molecule is CC(NC(=O)c1cc2ncn(C)c2cn1)c1ncc(C(=O)Nc2cc(C(F)(F)F)c(Cl)cn2)s1. The summed E-state index contributed by atoms with van der Waals surface area (Å²) in [5, 5.41) is 4.87. The standard InChI is InChI=1S/C20H15ClF3N7O2S/c1-9(29-17(32)13-4-12-14(6-25-13)31(2)8-28-12)19-27-7-15(34-19)18(33)30-16-3-10(20(22,23)24)11(21)5-26-16/h3-9H,1-2H3,(H,29,32)(H,26,30,33). The van der Waals surface area contributed by atoms with E-state index in [-0.39, 0.29) is 16.4 Å². The summed E-state index contributed by atoms with van der Waals surface area (Å²) in [6, 6.07) is 1.65. The maximum Gasteiger partial charge on any atom is 0.418 e. The number of nitrogens with one attached hydrogen (secondary N) is 2. The van der Waals surface area contributed by atoms with E-state index < -0.39 is 34.6 Å². The van der Waals surface area contributed by atoms with Gasteiger partial charge in [0.2, 0.25) is 0 Å². The van der Waals surface area contributed by atoms with Crippen molar-refractivity contribution in [3.63, 3.8) is 0 Å². The van der Waals surface area contributed by atoms with Crippen molar-refractivity contribution in [1.82, 2.24) is 29.8 Å². The monoisotopic (exact) mass is 509 g/mol. The molecule has 0 spiro atoms. The molecule has 0 radical (unpaired) electrons. The zero-order valence-electron chi connectivity index (χ0n) is 17.5. The molecule has 4 aromatic heterocycles. The number of carbonyl (C=O) groups excluding carboxylic acids is 2. The Hall–Kier alpha value is -3.58. The van der Waals surface area contributed by atoms with Crippen LogP contribution in [0.25, 0.3) is 11.0 Å². The average Bonchev–Trinajstić information content (AvgIpc) is 3.41. The van der Waals surface area contributed by atoms with Crippen molar-refractivity contribution >= 4 is 51.6 Å². The molecule has 0 aliphatic carbocycles. The second kappa shape index (κ2) is 8.99. The predicted octanol–water partition coefficient (Wildman–Crippen LogP) is 4.24. The van der Waals surface area contributed by atoms with Crippen LogP contribution in [0.4, 0.5) is 19.0 Å². The Balaban J connectivity index is 1.43. The number of aryl methyl sites for hydroxylation is 1. The third-order valence-electron chi connectivity index (χ3n) is 4.71. The molecular formula is C20H15ClF3N7O2S. The fourth-order valence-electron chi connectivity index (χ4n) is 2.98. The van der Waals surface area contributed by atoms with Crippen LogP contribution in [0.15, 0.2) is 37.1 Å². The minimum absolute atomic E-state index is 0.120. The van der Waals surface area contributed by atoms with E-state index in [0.29, 0.717) is 16.6 Å². The number of alkyl halides is 3. The number of thiazole rings is 1. The molecule has 9 nitrogen and oxygen atoms in total. The van der Waals surface area contributed by atoms with E-state index in [0.717, 1.165) is 23.1 Å². The molecule has 0 bridgehead atoms. The summed E-state index contributed by atoms with van der Waals surface area (Å²) < 4.78 is 40.8. The highest BCUT2D eigenvalue weighted by Crippen LogP contribution is 2.35. The second-order valence-corrected chi connectivity index (χ2v) is 8.64. The number of rotatable bonds is 5. The minimum Gasteiger partial charge on any atom is -0.342 e. The Bertz CT molecular complexity index is 1400. The summed E-state index contributed by atoms with van der Waals surface area (Å²) in [6.07, 6.45) is 0.536. The van der Waals surface area contributed by atoms with E-state index in [4.69, 9.17) is 11.6 Å². The fourth-order valence-corrected chi connectivity index (χ4v) is 4.00. The van der Waals surface area contributed by atoms with Gasteiger partial charge < -0.3 is 15.2 Å². The third-order valence-corrected chi connectivity index (χ3v) is 6.19. The Morgan fingerprint density at radius 3 is 2.59 bits per heavy atom. The molecule has 1 atom stereocenters. The van der Waals surface area contributed by atoms with Crippen molar-refractivity contribution in [2.24, 2.45) is 7.05 Å². The summed E-state index contributed by atoms with van der Waals surface area (Å²) in [6.45, 7) is 1.67. The van der Waals surface area contributed by atoms with Crippen molar-refractivity contribution in [3.8, 4) is 0 Å². The lowest BCUT2D eigenvalue weighted by Crippen LogP contribution is -2.27. The molecule has 4 rings (SSSR count). The number of aromatic nitrogens is 5. The normalized spacial score (nSPS) is 12.5. The van der Waals surface area contributed by atoms with Gasteiger partial charge in [0.15, 0.2) is 0 Å². The smallest absolute Gasteiger partial charge is 0.342 e. The van der Waals surface area contributed by atoms with Crippen molar-refractivity contribution in [3.05, 3.63) is 63.2 Å². The van der Waals surface area contributed by atoms with Gasteiger partial charge in [-0.05, 0) is 19.1 Å². The largest absolute Gasteiger partial charge is 0.418 e. The van der Waals surface area contributed by atoms with Crippen LogP contribution in [0, 0.1) is 0 Å². The van der Waals surface area contributed by atoms with Gasteiger partial charge in [-0.15, -0.1) is 11.3 Å². The number of anilines is 1. The lowest BCUT2D eigenvalue weighted by Gasteiger charge is -2.11. The first kappa shape index (κ1) is 23.6. The number of carbonyl (C=O) groups is 2. The second-order valence-electron chi connectivity index (χ2n) is 7.17. The lowest BCUT2D eigenvalue weighted by molar-refractivity contribution is -0.137. The number of nitrogens with zero attached hydrogens (tertiary/aromatic N) is 5. The van der Waals surface area contributed by atoms with Gasteiger partial charge in [-0.2, -0.15) is 13.2 Å². The van der Waals surface area contributed by atoms with Crippen LogP contribution < -0.4 is 10.6 Å². The highest BCUT2D eigenvalue weighted by molar-refractivity contribution is 7.13. The van der Waals surface area contributed by atoms with Crippen molar-refractivity contribution in [1.29, 1.82) is 0 Å². The number of amides is 2. The molecule has 0 saturated heterocycles. The molecule has 0 aliphatic heterocycles.